The summed E-state index contributed by atoms with van der Waals surface area (Å²) < 4.78 is 39.7. The first-order chi connectivity index (χ1) is 14.5. The van der Waals surface area contributed by atoms with Gasteiger partial charge in [-0.05, 0) is 18.2 Å². The maximum atomic E-state index is 13.2. The maximum Gasteiger partial charge on any atom is 0.262 e. The van der Waals surface area contributed by atoms with Gasteiger partial charge in [0, 0.05) is 22.8 Å². The number of ether oxygens (including phenoxy) is 2. The van der Waals surface area contributed by atoms with Crippen LogP contribution in [0.1, 0.15) is 31.8 Å². The molecule has 0 amide bonds. The molecule has 0 atom stereocenters. The average Bonchev–Trinajstić information content (AvgIpc) is 2.76. The van der Waals surface area contributed by atoms with Gasteiger partial charge in [-0.25, -0.2) is 8.42 Å². The Labute approximate surface area is 172 Å². The fraction of sp³-hybridized carbons (Fsp3) is 0.0909. The summed E-state index contributed by atoms with van der Waals surface area (Å²) in [4.78, 5) is 25.7. The normalized spacial score (nSPS) is 14.7. The van der Waals surface area contributed by atoms with Gasteiger partial charge in [-0.2, -0.15) is 0 Å². The highest BCUT2D eigenvalue weighted by Gasteiger charge is 2.34. The molecule has 1 aliphatic carbocycles. The monoisotopic (exact) mass is 421 g/mol. The van der Waals surface area contributed by atoms with E-state index in [2.05, 4.69) is 4.72 Å². The van der Waals surface area contributed by atoms with E-state index in [4.69, 9.17) is 9.47 Å². The summed E-state index contributed by atoms with van der Waals surface area (Å²) in [7, 11) is -4.16. The molecule has 1 aliphatic heterocycles. The summed E-state index contributed by atoms with van der Waals surface area (Å²) in [6.07, 6.45) is 0. The van der Waals surface area contributed by atoms with Gasteiger partial charge in [-0.1, -0.05) is 36.4 Å². The second-order valence-corrected chi connectivity index (χ2v) is 8.50. The Morgan fingerprint density at radius 2 is 1.40 bits per heavy atom. The lowest BCUT2D eigenvalue weighted by atomic mass is 9.84. The number of benzene rings is 3. The van der Waals surface area contributed by atoms with Crippen LogP contribution < -0.4 is 14.2 Å². The average molecular weight is 421 g/mol. The molecule has 7 nitrogen and oxygen atoms in total. The minimum atomic E-state index is -4.16. The van der Waals surface area contributed by atoms with Gasteiger partial charge in [0.15, 0.2) is 23.1 Å². The van der Waals surface area contributed by atoms with Gasteiger partial charge >= 0.3 is 0 Å². The Bertz CT molecular complexity index is 1330. The Morgan fingerprint density at radius 1 is 0.733 bits per heavy atom. The first-order valence-corrected chi connectivity index (χ1v) is 10.7. The van der Waals surface area contributed by atoms with E-state index < -0.39 is 15.8 Å². The van der Waals surface area contributed by atoms with Gasteiger partial charge in [0.1, 0.15) is 13.2 Å². The molecule has 0 fully saturated rings. The van der Waals surface area contributed by atoms with E-state index in [0.717, 1.165) is 0 Å². The molecule has 8 heteroatoms. The molecule has 2 aliphatic rings. The molecule has 0 unspecified atom stereocenters. The second kappa shape index (κ2) is 6.70. The molecule has 1 N–H and O–H groups in total. The topological polar surface area (TPSA) is 98.8 Å². The van der Waals surface area contributed by atoms with Crippen molar-refractivity contribution in [2.24, 2.45) is 0 Å². The predicted octanol–water partition coefficient (Wildman–Crippen LogP) is 3.03. The number of nitrogens with one attached hydrogen (secondary N) is 1. The Morgan fingerprint density at radius 3 is 2.17 bits per heavy atom. The number of anilines is 1. The van der Waals surface area contributed by atoms with E-state index in [1.807, 2.05) is 0 Å². The molecule has 0 radical (unpaired) electrons. The highest BCUT2D eigenvalue weighted by atomic mass is 32.2. The van der Waals surface area contributed by atoms with Crippen molar-refractivity contribution >= 4 is 27.3 Å². The SMILES string of the molecule is O=C1c2ccccc2C(=O)c2c1cccc2S(=O)(=O)Nc1ccc2c(c1)OCCO2. The van der Waals surface area contributed by atoms with Gasteiger partial charge in [0.05, 0.1) is 16.1 Å². The molecule has 3 aromatic rings. The molecule has 0 spiro atoms. The first-order valence-electron chi connectivity index (χ1n) is 9.19. The minimum absolute atomic E-state index is 0.0729. The van der Waals surface area contributed by atoms with Crippen molar-refractivity contribution in [1.82, 2.24) is 0 Å². The first kappa shape index (κ1) is 18.4. The van der Waals surface area contributed by atoms with Crippen molar-refractivity contribution in [2.75, 3.05) is 17.9 Å². The number of hydrogen-bond acceptors (Lipinski definition) is 6. The van der Waals surface area contributed by atoms with Crippen LogP contribution in [0.4, 0.5) is 5.69 Å². The molecule has 5 rings (SSSR count). The Balaban J connectivity index is 1.58. The van der Waals surface area contributed by atoms with Crippen molar-refractivity contribution in [3.8, 4) is 11.5 Å². The van der Waals surface area contributed by atoms with Crippen LogP contribution in [0.15, 0.2) is 65.6 Å². The number of sulfonamides is 1. The summed E-state index contributed by atoms with van der Waals surface area (Å²) in [6.45, 7) is 0.789. The number of carbonyl (C=O) groups excluding carboxylic acids is 2. The zero-order valence-electron chi connectivity index (χ0n) is 15.5. The molecule has 0 bridgehead atoms. The number of ketones is 2. The highest BCUT2D eigenvalue weighted by Crippen LogP contribution is 2.35. The lowest BCUT2D eigenvalue weighted by Crippen LogP contribution is -2.25. The van der Waals surface area contributed by atoms with Gasteiger partial charge in [0.2, 0.25) is 0 Å². The van der Waals surface area contributed by atoms with Crippen LogP contribution >= 0.6 is 0 Å². The predicted molar refractivity (Wildman–Crippen MR) is 108 cm³/mol. The quantitative estimate of drug-likeness (QED) is 0.546. The largest absolute Gasteiger partial charge is 0.486 e. The zero-order chi connectivity index (χ0) is 20.9. The molecule has 1 heterocycles. The summed E-state index contributed by atoms with van der Waals surface area (Å²) in [5.41, 5.74) is 0.670. The van der Waals surface area contributed by atoms with E-state index in [0.29, 0.717) is 24.7 Å². The Kier molecular flexibility index (Phi) is 4.11. The lowest BCUT2D eigenvalue weighted by molar-refractivity contribution is 0.0976. The number of rotatable bonds is 3. The van der Waals surface area contributed by atoms with Crippen LogP contribution in [0.25, 0.3) is 0 Å². The van der Waals surface area contributed by atoms with Crippen molar-refractivity contribution in [2.45, 2.75) is 4.90 Å². The van der Waals surface area contributed by atoms with Crippen LogP contribution in [0, 0.1) is 0 Å². The summed E-state index contributed by atoms with van der Waals surface area (Å²) in [5, 5.41) is 0. The van der Waals surface area contributed by atoms with E-state index in [1.54, 1.807) is 30.3 Å². The van der Waals surface area contributed by atoms with Gasteiger partial charge in [-0.3, -0.25) is 14.3 Å². The molecular weight excluding hydrogens is 406 g/mol. The molecule has 150 valence electrons. The van der Waals surface area contributed by atoms with E-state index >= 15 is 0 Å². The van der Waals surface area contributed by atoms with Crippen LogP contribution in [-0.2, 0) is 10.0 Å². The fourth-order valence-electron chi connectivity index (χ4n) is 3.65. The van der Waals surface area contributed by atoms with E-state index in [9.17, 15) is 18.0 Å². The molecule has 30 heavy (non-hydrogen) atoms. The maximum absolute atomic E-state index is 13.2. The molecular formula is C22H15NO6S. The number of fused-ring (bicyclic) bond motifs is 3. The van der Waals surface area contributed by atoms with Crippen LogP contribution in [-0.4, -0.2) is 33.2 Å². The smallest absolute Gasteiger partial charge is 0.262 e. The van der Waals surface area contributed by atoms with Gasteiger partial charge in [0.25, 0.3) is 10.0 Å². The van der Waals surface area contributed by atoms with Crippen molar-refractivity contribution in [3.05, 3.63) is 82.9 Å². The standard InChI is InChI=1S/C22H15NO6S/c24-21-14-4-1-2-5-15(14)22(25)20-16(21)6-3-7-19(20)30(26,27)23-13-8-9-17-18(12-13)29-11-10-28-17/h1-9,12,23H,10-11H2. The van der Waals surface area contributed by atoms with Gasteiger partial charge < -0.3 is 9.47 Å². The summed E-state index contributed by atoms with van der Waals surface area (Å²) in [6, 6.07) is 15.3. The third-order valence-corrected chi connectivity index (χ3v) is 6.42. The van der Waals surface area contributed by atoms with E-state index in [1.165, 1.54) is 30.3 Å². The van der Waals surface area contributed by atoms with Crippen LogP contribution in [0.3, 0.4) is 0 Å². The third kappa shape index (κ3) is 2.84. The van der Waals surface area contributed by atoms with Crippen molar-refractivity contribution in [3.63, 3.8) is 0 Å². The number of carbonyl (C=O) groups is 2. The number of hydrogen-bond donors (Lipinski definition) is 1. The van der Waals surface area contributed by atoms with E-state index in [-0.39, 0.29) is 38.6 Å². The molecule has 0 saturated heterocycles. The fourth-order valence-corrected chi connectivity index (χ4v) is 4.93. The van der Waals surface area contributed by atoms with Gasteiger partial charge in [-0.15, -0.1) is 0 Å². The van der Waals surface area contributed by atoms with Crippen LogP contribution in [0.5, 0.6) is 11.5 Å². The molecule has 3 aromatic carbocycles. The lowest BCUT2D eigenvalue weighted by Gasteiger charge is -2.21. The second-order valence-electron chi connectivity index (χ2n) is 6.85. The van der Waals surface area contributed by atoms with Crippen molar-refractivity contribution < 1.29 is 27.5 Å². The summed E-state index contributed by atoms with van der Waals surface area (Å²) in [5.74, 6) is 0.0790. The van der Waals surface area contributed by atoms with Crippen LogP contribution in [0.2, 0.25) is 0 Å². The molecule has 0 saturated carbocycles. The highest BCUT2D eigenvalue weighted by molar-refractivity contribution is 7.92. The Hall–Kier alpha value is -3.65. The summed E-state index contributed by atoms with van der Waals surface area (Å²) >= 11 is 0. The minimum Gasteiger partial charge on any atom is -0.486 e. The third-order valence-electron chi connectivity index (χ3n) is 5.00. The zero-order valence-corrected chi connectivity index (χ0v) is 16.4. The molecule has 0 aromatic heterocycles. The van der Waals surface area contributed by atoms with Crippen molar-refractivity contribution in [1.29, 1.82) is 0 Å².